The largest absolute Gasteiger partial charge is 0.387 e. The molecule has 1 fully saturated rings. The summed E-state index contributed by atoms with van der Waals surface area (Å²) in [6.45, 7) is 5.88. The number of pyridine rings is 2. The van der Waals surface area contributed by atoms with Crippen LogP contribution in [0, 0.1) is 0 Å². The summed E-state index contributed by atoms with van der Waals surface area (Å²) in [6.07, 6.45) is 1.27. The lowest BCUT2D eigenvalue weighted by atomic mass is 10.1. The van der Waals surface area contributed by atoms with Gasteiger partial charge in [0.2, 0.25) is 5.95 Å². The standard InChI is InChI=1S/C26H34F2N8O/c1-17(37)21-14-19-15-29-25(33-23(19)24(31-21)36-10-7-26(27,28)8-11-36)32-22-5-4-18-16-35(13-12-34(2)3)9-6-20(18)30-22/h4-5,14-15,17,37H,6-13,16H2,1-3H3,(H,29,30,32,33). The zero-order valence-electron chi connectivity index (χ0n) is 21.6. The minimum atomic E-state index is -2.67. The van der Waals surface area contributed by atoms with Crippen molar-refractivity contribution in [2.75, 3.05) is 57.0 Å². The minimum Gasteiger partial charge on any atom is -0.387 e. The number of hydrogen-bond donors (Lipinski definition) is 2. The Labute approximate surface area is 215 Å². The summed E-state index contributed by atoms with van der Waals surface area (Å²) in [5, 5.41) is 14.0. The van der Waals surface area contributed by atoms with Crippen molar-refractivity contribution < 1.29 is 13.9 Å². The summed E-state index contributed by atoms with van der Waals surface area (Å²) in [7, 11) is 4.17. The number of aromatic nitrogens is 4. The first-order valence-electron chi connectivity index (χ1n) is 12.8. The SMILES string of the molecule is CC(O)c1cc2cnc(Nc3ccc4c(n3)CCN(CCN(C)C)C4)nc2c(N2CCC(F)(F)CC2)n1. The lowest BCUT2D eigenvalue weighted by Crippen LogP contribution is -2.40. The highest BCUT2D eigenvalue weighted by molar-refractivity contribution is 5.89. The molecule has 0 amide bonds. The Morgan fingerprint density at radius 3 is 2.65 bits per heavy atom. The topological polar surface area (TPSA) is 93.5 Å². The monoisotopic (exact) mass is 512 g/mol. The highest BCUT2D eigenvalue weighted by atomic mass is 19.3. The summed E-state index contributed by atoms with van der Waals surface area (Å²) in [4.78, 5) is 25.0. The van der Waals surface area contributed by atoms with Gasteiger partial charge < -0.3 is 20.2 Å². The average Bonchev–Trinajstić information content (AvgIpc) is 2.87. The van der Waals surface area contributed by atoms with Gasteiger partial charge in [-0.05, 0) is 38.7 Å². The Balaban J connectivity index is 1.38. The van der Waals surface area contributed by atoms with Gasteiger partial charge in [-0.2, -0.15) is 0 Å². The Morgan fingerprint density at radius 2 is 1.92 bits per heavy atom. The van der Waals surface area contributed by atoms with Crippen LogP contribution in [0.4, 0.5) is 26.4 Å². The number of piperidine rings is 1. The third-order valence-electron chi connectivity index (χ3n) is 7.02. The molecular formula is C26H34F2N8O. The van der Waals surface area contributed by atoms with Crippen LogP contribution >= 0.6 is 0 Å². The molecule has 9 nitrogen and oxygen atoms in total. The normalized spacial score (nSPS) is 18.7. The van der Waals surface area contributed by atoms with Gasteiger partial charge in [-0.15, -0.1) is 0 Å². The molecule has 5 heterocycles. The molecule has 0 aromatic carbocycles. The molecule has 2 N–H and O–H groups in total. The molecule has 11 heteroatoms. The van der Waals surface area contributed by atoms with Gasteiger partial charge in [-0.25, -0.2) is 28.7 Å². The fourth-order valence-electron chi connectivity index (χ4n) is 4.77. The molecule has 5 rings (SSSR count). The van der Waals surface area contributed by atoms with Crippen molar-refractivity contribution in [3.05, 3.63) is 41.3 Å². The van der Waals surface area contributed by atoms with Gasteiger partial charge in [-0.3, -0.25) is 4.90 Å². The van der Waals surface area contributed by atoms with Crippen LogP contribution in [0.2, 0.25) is 0 Å². The first-order chi connectivity index (χ1) is 17.7. The first-order valence-corrected chi connectivity index (χ1v) is 12.8. The first kappa shape index (κ1) is 25.6. The van der Waals surface area contributed by atoms with Gasteiger partial charge in [0.25, 0.3) is 5.92 Å². The van der Waals surface area contributed by atoms with Crippen LogP contribution in [0.3, 0.4) is 0 Å². The number of nitrogens with one attached hydrogen (secondary N) is 1. The van der Waals surface area contributed by atoms with Crippen LogP contribution in [0.25, 0.3) is 10.9 Å². The maximum Gasteiger partial charge on any atom is 0.251 e. The van der Waals surface area contributed by atoms with E-state index in [0.29, 0.717) is 34.2 Å². The van der Waals surface area contributed by atoms with Gasteiger partial charge in [0, 0.05) is 75.8 Å². The fraction of sp³-hybridized carbons (Fsp3) is 0.538. The third kappa shape index (κ3) is 5.94. The van der Waals surface area contributed by atoms with Crippen molar-refractivity contribution in [2.24, 2.45) is 0 Å². The summed E-state index contributed by atoms with van der Waals surface area (Å²) >= 11 is 0. The Morgan fingerprint density at radius 1 is 1.14 bits per heavy atom. The number of alkyl halides is 2. The van der Waals surface area contributed by atoms with E-state index < -0.39 is 12.0 Å². The van der Waals surface area contributed by atoms with Gasteiger partial charge >= 0.3 is 0 Å². The summed E-state index contributed by atoms with van der Waals surface area (Å²) in [6, 6.07) is 5.78. The van der Waals surface area contributed by atoms with Crippen LogP contribution in [-0.4, -0.2) is 87.6 Å². The van der Waals surface area contributed by atoms with E-state index in [1.807, 2.05) is 11.0 Å². The molecule has 2 aliphatic rings. The van der Waals surface area contributed by atoms with Gasteiger partial charge in [-0.1, -0.05) is 6.07 Å². The molecular weight excluding hydrogens is 478 g/mol. The van der Waals surface area contributed by atoms with E-state index in [1.54, 1.807) is 19.2 Å². The smallest absolute Gasteiger partial charge is 0.251 e. The number of halogens is 2. The Hall–Kier alpha value is -3.02. The van der Waals surface area contributed by atoms with Gasteiger partial charge in [0.15, 0.2) is 5.82 Å². The van der Waals surface area contributed by atoms with Crippen LogP contribution in [0.5, 0.6) is 0 Å². The zero-order valence-corrected chi connectivity index (χ0v) is 21.6. The molecule has 1 unspecified atom stereocenters. The van der Waals surface area contributed by atoms with E-state index in [0.717, 1.165) is 38.3 Å². The number of anilines is 3. The number of rotatable bonds is 7. The van der Waals surface area contributed by atoms with E-state index in [1.165, 1.54) is 5.56 Å². The number of aliphatic hydroxyl groups is 1. The lowest BCUT2D eigenvalue weighted by Gasteiger charge is -2.33. The molecule has 3 aromatic heterocycles. The molecule has 0 aliphatic carbocycles. The quantitative estimate of drug-likeness (QED) is 0.494. The number of aliphatic hydroxyl groups excluding tert-OH is 1. The highest BCUT2D eigenvalue weighted by Crippen LogP contribution is 2.34. The number of nitrogens with zero attached hydrogens (tertiary/aromatic N) is 7. The van der Waals surface area contributed by atoms with Crippen molar-refractivity contribution in [1.82, 2.24) is 29.7 Å². The second kappa shape index (κ2) is 10.4. The van der Waals surface area contributed by atoms with Crippen molar-refractivity contribution in [1.29, 1.82) is 0 Å². The molecule has 1 saturated heterocycles. The van der Waals surface area contributed by atoms with Gasteiger partial charge in [0.05, 0.1) is 11.8 Å². The summed E-state index contributed by atoms with van der Waals surface area (Å²) < 4.78 is 27.6. The van der Waals surface area contributed by atoms with Crippen LogP contribution in [0.15, 0.2) is 24.4 Å². The maximum atomic E-state index is 13.8. The molecule has 0 bridgehead atoms. The second-order valence-electron chi connectivity index (χ2n) is 10.3. The third-order valence-corrected chi connectivity index (χ3v) is 7.02. The predicted molar refractivity (Wildman–Crippen MR) is 139 cm³/mol. The molecule has 0 spiro atoms. The molecule has 3 aromatic rings. The number of hydrogen-bond acceptors (Lipinski definition) is 9. The summed E-state index contributed by atoms with van der Waals surface area (Å²) in [5.74, 6) is -1.16. The van der Waals surface area contributed by atoms with Crippen LogP contribution in [-0.2, 0) is 13.0 Å². The molecule has 0 saturated carbocycles. The van der Waals surface area contributed by atoms with Crippen LogP contribution < -0.4 is 10.2 Å². The molecule has 1 atom stereocenters. The molecule has 0 radical (unpaired) electrons. The Kier molecular flexibility index (Phi) is 7.19. The Bertz CT molecular complexity index is 1260. The van der Waals surface area contributed by atoms with E-state index in [-0.39, 0.29) is 25.9 Å². The number of likely N-dealkylation sites (N-methyl/N-ethyl adjacent to an activating group) is 1. The average molecular weight is 513 g/mol. The second-order valence-corrected chi connectivity index (χ2v) is 10.3. The van der Waals surface area contributed by atoms with E-state index >= 15 is 0 Å². The minimum absolute atomic E-state index is 0.170. The van der Waals surface area contributed by atoms with Crippen molar-refractivity contribution in [2.45, 2.75) is 44.8 Å². The zero-order chi connectivity index (χ0) is 26.2. The van der Waals surface area contributed by atoms with E-state index in [9.17, 15) is 13.9 Å². The summed E-state index contributed by atoms with van der Waals surface area (Å²) in [5.41, 5.74) is 3.32. The van der Waals surface area contributed by atoms with Crippen LogP contribution in [0.1, 0.15) is 42.8 Å². The molecule has 198 valence electrons. The number of fused-ring (bicyclic) bond motifs is 2. The predicted octanol–water partition coefficient (Wildman–Crippen LogP) is 3.37. The van der Waals surface area contributed by atoms with Crippen molar-refractivity contribution in [3.8, 4) is 0 Å². The lowest BCUT2D eigenvalue weighted by molar-refractivity contribution is -0.0221. The van der Waals surface area contributed by atoms with Gasteiger partial charge in [0.1, 0.15) is 11.3 Å². The fourth-order valence-corrected chi connectivity index (χ4v) is 4.77. The van der Waals surface area contributed by atoms with E-state index in [4.69, 9.17) is 9.97 Å². The molecule has 2 aliphatic heterocycles. The van der Waals surface area contributed by atoms with E-state index in [2.05, 4.69) is 45.2 Å². The molecule has 37 heavy (non-hydrogen) atoms. The maximum absolute atomic E-state index is 13.8. The van der Waals surface area contributed by atoms with Crippen molar-refractivity contribution >= 4 is 28.5 Å². The van der Waals surface area contributed by atoms with Crippen molar-refractivity contribution in [3.63, 3.8) is 0 Å². The highest BCUT2D eigenvalue weighted by Gasteiger charge is 2.35.